The van der Waals surface area contributed by atoms with Crippen LogP contribution in [0, 0.1) is 0 Å². The first-order valence-corrected chi connectivity index (χ1v) is 8.22. The molecule has 23 heavy (non-hydrogen) atoms. The first-order valence-electron chi connectivity index (χ1n) is 8.22. The minimum absolute atomic E-state index is 0.0229. The Hall–Kier alpha value is -2.36. The molecule has 4 heteroatoms. The van der Waals surface area contributed by atoms with Crippen LogP contribution in [0.5, 0.6) is 0 Å². The molecule has 1 aliphatic heterocycles. The van der Waals surface area contributed by atoms with E-state index in [2.05, 4.69) is 36.3 Å². The molecule has 0 spiro atoms. The van der Waals surface area contributed by atoms with Crippen molar-refractivity contribution in [3.8, 4) is 0 Å². The highest BCUT2D eigenvalue weighted by molar-refractivity contribution is 5.89. The maximum atomic E-state index is 12.7. The highest BCUT2D eigenvalue weighted by Crippen LogP contribution is 2.32. The normalized spacial score (nSPS) is 17.5. The lowest BCUT2D eigenvalue weighted by Crippen LogP contribution is -2.34. The second-order valence-electron chi connectivity index (χ2n) is 6.34. The molecule has 1 aromatic heterocycles. The van der Waals surface area contributed by atoms with E-state index in [9.17, 15) is 4.79 Å². The van der Waals surface area contributed by atoms with E-state index in [0.29, 0.717) is 5.92 Å². The van der Waals surface area contributed by atoms with E-state index in [1.54, 1.807) is 12.4 Å². The molecule has 120 valence electrons. The average Bonchev–Trinajstić information content (AvgIpc) is 3.05. The fraction of sp³-hybridized carbons (Fsp3) is 0.368. The highest BCUT2D eigenvalue weighted by Gasteiger charge is 2.29. The molecule has 1 atom stereocenters. The maximum Gasteiger partial charge on any atom is 0.322 e. The van der Waals surface area contributed by atoms with Crippen molar-refractivity contribution in [3.05, 3.63) is 59.9 Å². The van der Waals surface area contributed by atoms with Crippen molar-refractivity contribution in [1.29, 1.82) is 0 Å². The number of urea groups is 1. The number of rotatable bonds is 3. The number of nitrogens with zero attached hydrogens (tertiary/aromatic N) is 2. The lowest BCUT2D eigenvalue weighted by Gasteiger charge is -2.25. The van der Waals surface area contributed by atoms with Gasteiger partial charge in [-0.2, -0.15) is 0 Å². The molecule has 0 bridgehead atoms. The van der Waals surface area contributed by atoms with Crippen molar-refractivity contribution >= 4 is 11.7 Å². The molecule has 1 aromatic carbocycles. The third-order valence-corrected chi connectivity index (χ3v) is 4.41. The van der Waals surface area contributed by atoms with Gasteiger partial charge in [0.1, 0.15) is 0 Å². The number of benzene rings is 1. The lowest BCUT2D eigenvalue weighted by atomic mass is 10.0. The maximum absolute atomic E-state index is 12.7. The van der Waals surface area contributed by atoms with E-state index in [4.69, 9.17) is 0 Å². The molecule has 1 N–H and O–H groups in total. The van der Waals surface area contributed by atoms with E-state index in [1.807, 2.05) is 29.2 Å². The largest absolute Gasteiger partial charge is 0.322 e. The summed E-state index contributed by atoms with van der Waals surface area (Å²) in [4.78, 5) is 18.7. The first kappa shape index (κ1) is 15.5. The minimum atomic E-state index is -0.0229. The highest BCUT2D eigenvalue weighted by atomic mass is 16.2. The molecular formula is C19H23N3O. The second-order valence-corrected chi connectivity index (χ2v) is 6.34. The van der Waals surface area contributed by atoms with Crippen molar-refractivity contribution in [2.75, 3.05) is 11.9 Å². The molecular weight excluding hydrogens is 286 g/mol. The van der Waals surface area contributed by atoms with Gasteiger partial charge in [-0.25, -0.2) is 4.79 Å². The molecule has 1 aliphatic rings. The summed E-state index contributed by atoms with van der Waals surface area (Å²) in [7, 11) is 0. The summed E-state index contributed by atoms with van der Waals surface area (Å²) >= 11 is 0. The van der Waals surface area contributed by atoms with Gasteiger partial charge in [-0.3, -0.25) is 4.98 Å². The number of hydrogen-bond acceptors (Lipinski definition) is 2. The van der Waals surface area contributed by atoms with Crippen molar-refractivity contribution < 1.29 is 4.79 Å². The second kappa shape index (κ2) is 6.82. The summed E-state index contributed by atoms with van der Waals surface area (Å²) in [5.74, 6) is 0.447. The number of carbonyl (C=O) groups is 1. The molecule has 1 unspecified atom stereocenters. The topological polar surface area (TPSA) is 45.2 Å². The number of carbonyl (C=O) groups excluding carboxylic acids is 1. The molecule has 2 aromatic rings. The monoisotopic (exact) mass is 309 g/mol. The minimum Gasteiger partial charge on any atom is -0.317 e. The number of amides is 2. The van der Waals surface area contributed by atoms with Gasteiger partial charge < -0.3 is 10.2 Å². The standard InChI is InChI=1S/C19H23N3O/c1-14(2)16-5-3-6-17(13-16)21-19(23)22-12-4-7-18(22)15-8-10-20-11-9-15/h3,5-6,8-11,13-14,18H,4,7,12H2,1-2H3,(H,21,23). The number of anilines is 1. The fourth-order valence-corrected chi connectivity index (χ4v) is 3.11. The Morgan fingerprint density at radius 2 is 2.04 bits per heavy atom. The van der Waals surface area contributed by atoms with Crippen LogP contribution in [0.4, 0.5) is 10.5 Å². The van der Waals surface area contributed by atoms with Crippen LogP contribution in [0.25, 0.3) is 0 Å². The number of nitrogens with one attached hydrogen (secondary N) is 1. The Bertz CT molecular complexity index is 669. The Balaban J connectivity index is 1.74. The Kier molecular flexibility index (Phi) is 4.60. The van der Waals surface area contributed by atoms with Gasteiger partial charge in [0.05, 0.1) is 6.04 Å². The summed E-state index contributed by atoms with van der Waals surface area (Å²) in [5.41, 5.74) is 3.25. The van der Waals surface area contributed by atoms with Crippen LogP contribution in [0.3, 0.4) is 0 Å². The van der Waals surface area contributed by atoms with Gasteiger partial charge in [0, 0.05) is 24.6 Å². The summed E-state index contributed by atoms with van der Waals surface area (Å²) in [6.45, 7) is 5.10. The SMILES string of the molecule is CC(C)c1cccc(NC(=O)N2CCCC2c2ccncc2)c1. The summed E-state index contributed by atoms with van der Waals surface area (Å²) in [6, 6.07) is 12.2. The van der Waals surface area contributed by atoms with Crippen LogP contribution < -0.4 is 5.32 Å². The van der Waals surface area contributed by atoms with E-state index in [0.717, 1.165) is 30.6 Å². The van der Waals surface area contributed by atoms with Crippen LogP contribution in [0.2, 0.25) is 0 Å². The zero-order valence-electron chi connectivity index (χ0n) is 13.7. The Labute approximate surface area is 137 Å². The molecule has 0 radical (unpaired) electrons. The van der Waals surface area contributed by atoms with Crippen molar-refractivity contribution in [2.45, 2.75) is 38.6 Å². The molecule has 1 saturated heterocycles. The smallest absolute Gasteiger partial charge is 0.317 e. The third kappa shape index (κ3) is 3.52. The molecule has 4 nitrogen and oxygen atoms in total. The van der Waals surface area contributed by atoms with Gasteiger partial charge in [-0.05, 0) is 54.2 Å². The third-order valence-electron chi connectivity index (χ3n) is 4.41. The van der Waals surface area contributed by atoms with Gasteiger partial charge in [-0.15, -0.1) is 0 Å². The van der Waals surface area contributed by atoms with Crippen molar-refractivity contribution in [2.24, 2.45) is 0 Å². The molecule has 1 fully saturated rings. The predicted molar refractivity (Wildman–Crippen MR) is 92.5 cm³/mol. The number of pyridine rings is 1. The molecule has 2 heterocycles. The molecule has 0 saturated carbocycles. The van der Waals surface area contributed by atoms with Gasteiger partial charge in [0.25, 0.3) is 0 Å². The lowest BCUT2D eigenvalue weighted by molar-refractivity contribution is 0.207. The fourth-order valence-electron chi connectivity index (χ4n) is 3.11. The first-order chi connectivity index (χ1) is 11.1. The van der Waals surface area contributed by atoms with Crippen molar-refractivity contribution in [3.63, 3.8) is 0 Å². The Morgan fingerprint density at radius 1 is 1.26 bits per heavy atom. The van der Waals surface area contributed by atoms with Crippen LogP contribution in [0.1, 0.15) is 49.8 Å². The zero-order chi connectivity index (χ0) is 16.2. The van der Waals surface area contributed by atoms with Gasteiger partial charge in [0.2, 0.25) is 0 Å². The molecule has 2 amide bonds. The van der Waals surface area contributed by atoms with Gasteiger partial charge in [-0.1, -0.05) is 26.0 Å². The summed E-state index contributed by atoms with van der Waals surface area (Å²) < 4.78 is 0. The predicted octanol–water partition coefficient (Wildman–Crippen LogP) is 4.57. The van der Waals surface area contributed by atoms with Crippen LogP contribution >= 0.6 is 0 Å². The van der Waals surface area contributed by atoms with Gasteiger partial charge in [0.15, 0.2) is 0 Å². The molecule has 3 rings (SSSR count). The van der Waals surface area contributed by atoms with E-state index >= 15 is 0 Å². The quantitative estimate of drug-likeness (QED) is 0.902. The van der Waals surface area contributed by atoms with E-state index < -0.39 is 0 Å². The number of aromatic nitrogens is 1. The number of hydrogen-bond donors (Lipinski definition) is 1. The van der Waals surface area contributed by atoms with E-state index in [1.165, 1.54) is 5.56 Å². The van der Waals surface area contributed by atoms with Crippen LogP contribution in [-0.4, -0.2) is 22.5 Å². The molecule has 0 aliphatic carbocycles. The van der Waals surface area contributed by atoms with Crippen LogP contribution in [0.15, 0.2) is 48.8 Å². The van der Waals surface area contributed by atoms with Crippen molar-refractivity contribution in [1.82, 2.24) is 9.88 Å². The van der Waals surface area contributed by atoms with Gasteiger partial charge >= 0.3 is 6.03 Å². The zero-order valence-corrected chi connectivity index (χ0v) is 13.7. The summed E-state index contributed by atoms with van der Waals surface area (Å²) in [5, 5.41) is 3.05. The summed E-state index contributed by atoms with van der Waals surface area (Å²) in [6.07, 6.45) is 5.61. The van der Waals surface area contributed by atoms with Crippen LogP contribution in [-0.2, 0) is 0 Å². The Morgan fingerprint density at radius 3 is 2.78 bits per heavy atom. The number of likely N-dealkylation sites (tertiary alicyclic amines) is 1. The van der Waals surface area contributed by atoms with E-state index in [-0.39, 0.29) is 12.1 Å². The average molecular weight is 309 g/mol.